The lowest BCUT2D eigenvalue weighted by atomic mass is 10.0. The number of para-hydroxylation sites is 1. The van der Waals surface area contributed by atoms with Gasteiger partial charge in [0, 0.05) is 19.5 Å². The highest BCUT2D eigenvalue weighted by Gasteiger charge is 2.24. The lowest BCUT2D eigenvalue weighted by Gasteiger charge is -2.24. The second-order valence-corrected chi connectivity index (χ2v) is 9.48. The van der Waals surface area contributed by atoms with Crippen LogP contribution < -0.4 is 9.62 Å². The third-order valence-electron chi connectivity index (χ3n) is 5.49. The van der Waals surface area contributed by atoms with Crippen molar-refractivity contribution in [3.05, 3.63) is 60.7 Å². The van der Waals surface area contributed by atoms with Gasteiger partial charge in [0.05, 0.1) is 10.6 Å². The van der Waals surface area contributed by atoms with E-state index in [9.17, 15) is 13.2 Å². The summed E-state index contributed by atoms with van der Waals surface area (Å²) in [5.41, 5.74) is 0.629. The number of hydrogen-bond donors (Lipinski definition) is 1. The molecule has 6 heteroatoms. The van der Waals surface area contributed by atoms with Crippen LogP contribution in [0, 0.1) is 5.92 Å². The molecule has 2 aromatic carbocycles. The molecule has 2 aromatic rings. The fourth-order valence-electron chi connectivity index (χ4n) is 3.88. The summed E-state index contributed by atoms with van der Waals surface area (Å²) in [5.74, 6) is 0.763. The maximum absolute atomic E-state index is 13.1. The van der Waals surface area contributed by atoms with Gasteiger partial charge in [-0.3, -0.25) is 9.10 Å². The molecule has 1 N–H and O–H groups in total. The molecule has 0 heterocycles. The Morgan fingerprint density at radius 3 is 2.24 bits per heavy atom. The van der Waals surface area contributed by atoms with Crippen LogP contribution in [-0.2, 0) is 14.8 Å². The average Bonchev–Trinajstić information content (AvgIpc) is 3.27. The fraction of sp³-hybridized carbons (Fsp3) is 0.435. The summed E-state index contributed by atoms with van der Waals surface area (Å²) in [6.07, 6.45) is 7.15. The molecular weight excluding hydrogens is 384 g/mol. The summed E-state index contributed by atoms with van der Waals surface area (Å²) in [6, 6.07) is 17.6. The van der Waals surface area contributed by atoms with Crippen molar-refractivity contribution in [1.29, 1.82) is 0 Å². The number of amides is 1. The van der Waals surface area contributed by atoms with Gasteiger partial charge >= 0.3 is 0 Å². The lowest BCUT2D eigenvalue weighted by Crippen LogP contribution is -2.34. The highest BCUT2D eigenvalue weighted by molar-refractivity contribution is 7.92. The molecule has 0 saturated heterocycles. The van der Waals surface area contributed by atoms with Crippen molar-refractivity contribution in [2.24, 2.45) is 5.92 Å². The minimum Gasteiger partial charge on any atom is -0.356 e. The Kier molecular flexibility index (Phi) is 7.69. The molecule has 0 unspecified atom stereocenters. The smallest absolute Gasteiger partial charge is 0.264 e. The van der Waals surface area contributed by atoms with Gasteiger partial charge in [0.2, 0.25) is 5.91 Å². The third kappa shape index (κ3) is 6.07. The standard InChI is InChI=1S/C23H30N2O3S/c26-23(17-16-20-10-7-8-11-20)24-18-9-19-25(21-12-3-1-4-13-21)29(27,28)22-14-5-2-6-15-22/h1-6,12-15,20H,7-11,16-19H2,(H,24,26). The van der Waals surface area contributed by atoms with Gasteiger partial charge in [-0.15, -0.1) is 0 Å². The van der Waals surface area contributed by atoms with Gasteiger partial charge in [-0.2, -0.15) is 0 Å². The van der Waals surface area contributed by atoms with E-state index in [-0.39, 0.29) is 10.8 Å². The Balaban J connectivity index is 1.56. The SMILES string of the molecule is O=C(CCC1CCCC1)NCCCN(c1ccccc1)S(=O)(=O)c1ccccc1. The van der Waals surface area contributed by atoms with E-state index in [1.807, 2.05) is 18.2 Å². The minimum atomic E-state index is -3.66. The summed E-state index contributed by atoms with van der Waals surface area (Å²) in [5, 5.41) is 2.94. The van der Waals surface area contributed by atoms with Crippen molar-refractivity contribution < 1.29 is 13.2 Å². The van der Waals surface area contributed by atoms with Gasteiger partial charge in [0.1, 0.15) is 0 Å². The van der Waals surface area contributed by atoms with E-state index in [2.05, 4.69) is 5.32 Å². The number of carbonyl (C=O) groups excluding carboxylic acids is 1. The molecule has 1 fully saturated rings. The van der Waals surface area contributed by atoms with Gasteiger partial charge < -0.3 is 5.32 Å². The predicted molar refractivity (Wildman–Crippen MR) is 116 cm³/mol. The third-order valence-corrected chi connectivity index (χ3v) is 7.33. The number of nitrogens with zero attached hydrogens (tertiary/aromatic N) is 1. The fourth-order valence-corrected chi connectivity index (χ4v) is 5.40. The molecule has 0 radical (unpaired) electrons. The van der Waals surface area contributed by atoms with E-state index < -0.39 is 10.0 Å². The average molecular weight is 415 g/mol. The van der Waals surface area contributed by atoms with Crippen LogP contribution in [0.25, 0.3) is 0 Å². The van der Waals surface area contributed by atoms with Crippen molar-refractivity contribution >= 4 is 21.6 Å². The maximum atomic E-state index is 13.1. The van der Waals surface area contributed by atoms with E-state index in [0.717, 1.165) is 6.42 Å². The molecule has 1 saturated carbocycles. The Morgan fingerprint density at radius 2 is 1.59 bits per heavy atom. The molecule has 1 aliphatic carbocycles. The molecule has 0 bridgehead atoms. The number of anilines is 1. The normalized spacial score (nSPS) is 14.6. The second kappa shape index (κ2) is 10.4. The van der Waals surface area contributed by atoms with Gasteiger partial charge in [-0.05, 0) is 43.0 Å². The molecule has 5 nitrogen and oxygen atoms in total. The zero-order valence-electron chi connectivity index (χ0n) is 16.8. The summed E-state index contributed by atoms with van der Waals surface area (Å²) >= 11 is 0. The van der Waals surface area contributed by atoms with Crippen molar-refractivity contribution in [2.75, 3.05) is 17.4 Å². The van der Waals surface area contributed by atoms with E-state index in [4.69, 9.17) is 0 Å². The number of carbonyl (C=O) groups is 1. The van der Waals surface area contributed by atoms with E-state index in [1.54, 1.807) is 42.5 Å². The first-order valence-electron chi connectivity index (χ1n) is 10.5. The van der Waals surface area contributed by atoms with Crippen LogP contribution in [0.15, 0.2) is 65.6 Å². The molecule has 156 valence electrons. The van der Waals surface area contributed by atoms with E-state index in [1.165, 1.54) is 30.0 Å². The largest absolute Gasteiger partial charge is 0.356 e. The number of rotatable bonds is 10. The van der Waals surface area contributed by atoms with Crippen molar-refractivity contribution in [3.8, 4) is 0 Å². The van der Waals surface area contributed by atoms with Crippen LogP contribution in [0.2, 0.25) is 0 Å². The van der Waals surface area contributed by atoms with E-state index >= 15 is 0 Å². The molecular formula is C23H30N2O3S. The number of sulfonamides is 1. The summed E-state index contributed by atoms with van der Waals surface area (Å²) in [7, 11) is -3.66. The summed E-state index contributed by atoms with van der Waals surface area (Å²) in [6.45, 7) is 0.779. The maximum Gasteiger partial charge on any atom is 0.264 e. The molecule has 0 aromatic heterocycles. The second-order valence-electron chi connectivity index (χ2n) is 7.62. The number of hydrogen-bond acceptors (Lipinski definition) is 3. The number of benzene rings is 2. The first-order chi connectivity index (χ1) is 14.1. The van der Waals surface area contributed by atoms with Crippen LogP contribution in [-0.4, -0.2) is 27.4 Å². The van der Waals surface area contributed by atoms with Gasteiger partial charge in [0.15, 0.2) is 0 Å². The van der Waals surface area contributed by atoms with Gasteiger partial charge in [0.25, 0.3) is 10.0 Å². The van der Waals surface area contributed by atoms with Crippen molar-refractivity contribution in [2.45, 2.75) is 49.8 Å². The van der Waals surface area contributed by atoms with Crippen LogP contribution >= 0.6 is 0 Å². The quantitative estimate of drug-likeness (QED) is 0.588. The van der Waals surface area contributed by atoms with Gasteiger partial charge in [-0.25, -0.2) is 8.42 Å². The number of nitrogens with one attached hydrogen (secondary N) is 1. The zero-order valence-corrected chi connectivity index (χ0v) is 17.6. The Bertz CT molecular complexity index is 864. The van der Waals surface area contributed by atoms with Crippen LogP contribution in [0.4, 0.5) is 5.69 Å². The zero-order chi connectivity index (χ0) is 20.5. The summed E-state index contributed by atoms with van der Waals surface area (Å²) < 4.78 is 27.7. The van der Waals surface area contributed by atoms with Crippen LogP contribution in [0.1, 0.15) is 44.9 Å². The highest BCUT2D eigenvalue weighted by atomic mass is 32.2. The Labute approximate surface area is 174 Å². The van der Waals surface area contributed by atoms with Crippen molar-refractivity contribution in [3.63, 3.8) is 0 Å². The molecule has 3 rings (SSSR count). The molecule has 29 heavy (non-hydrogen) atoms. The first kappa shape index (κ1) is 21.4. The highest BCUT2D eigenvalue weighted by Crippen LogP contribution is 2.28. The molecule has 1 aliphatic rings. The Morgan fingerprint density at radius 1 is 0.966 bits per heavy atom. The molecule has 1 amide bonds. The Hall–Kier alpha value is -2.34. The molecule has 0 aliphatic heterocycles. The molecule has 0 atom stereocenters. The topological polar surface area (TPSA) is 66.5 Å². The van der Waals surface area contributed by atoms with Gasteiger partial charge in [-0.1, -0.05) is 62.1 Å². The van der Waals surface area contributed by atoms with Crippen LogP contribution in [0.3, 0.4) is 0 Å². The van der Waals surface area contributed by atoms with Crippen LogP contribution in [0.5, 0.6) is 0 Å². The summed E-state index contributed by atoms with van der Waals surface area (Å²) in [4.78, 5) is 12.4. The van der Waals surface area contributed by atoms with Crippen molar-refractivity contribution in [1.82, 2.24) is 5.32 Å². The lowest BCUT2D eigenvalue weighted by molar-refractivity contribution is -0.121. The first-order valence-corrected chi connectivity index (χ1v) is 11.9. The minimum absolute atomic E-state index is 0.0640. The predicted octanol–water partition coefficient (Wildman–Crippen LogP) is 4.36. The molecule has 0 spiro atoms. The monoisotopic (exact) mass is 414 g/mol. The van der Waals surface area contributed by atoms with E-state index in [0.29, 0.717) is 37.5 Å².